The number of halogens is 1. The van der Waals surface area contributed by atoms with Crippen LogP contribution in [0.4, 0.5) is 4.39 Å². The van der Waals surface area contributed by atoms with Gasteiger partial charge in [0.1, 0.15) is 0 Å². The highest BCUT2D eigenvalue weighted by Crippen LogP contribution is 2.27. The summed E-state index contributed by atoms with van der Waals surface area (Å²) < 4.78 is 19.2. The van der Waals surface area contributed by atoms with Crippen LogP contribution in [0.2, 0.25) is 0 Å². The summed E-state index contributed by atoms with van der Waals surface area (Å²) in [5.41, 5.74) is 6.50. The van der Waals surface area contributed by atoms with Gasteiger partial charge in [0.05, 0.1) is 6.61 Å². The molecule has 0 aromatic heterocycles. The maximum absolute atomic E-state index is 13.7. The van der Waals surface area contributed by atoms with Gasteiger partial charge in [0.25, 0.3) is 0 Å². The number of rotatable bonds is 4. The Morgan fingerprint density at radius 2 is 2.12 bits per heavy atom. The Labute approximate surface area is 102 Å². The molecule has 0 bridgehead atoms. The molecule has 2 rings (SSSR count). The smallest absolute Gasteiger partial charge is 0.165 e. The lowest BCUT2D eigenvalue weighted by Crippen LogP contribution is -2.10. The SMILES string of the molecule is C[C@@H](N)c1ccc(OCC2CCCC2)c(F)c1. The topological polar surface area (TPSA) is 35.2 Å². The molecule has 94 valence electrons. The maximum Gasteiger partial charge on any atom is 0.165 e. The normalized spacial score (nSPS) is 18.3. The van der Waals surface area contributed by atoms with Crippen molar-refractivity contribution in [2.24, 2.45) is 11.7 Å². The number of nitrogens with two attached hydrogens (primary N) is 1. The highest BCUT2D eigenvalue weighted by atomic mass is 19.1. The van der Waals surface area contributed by atoms with E-state index in [2.05, 4.69) is 0 Å². The average molecular weight is 237 g/mol. The van der Waals surface area contributed by atoms with Crippen LogP contribution in [0.1, 0.15) is 44.2 Å². The molecular weight excluding hydrogens is 217 g/mol. The summed E-state index contributed by atoms with van der Waals surface area (Å²) in [5, 5.41) is 0. The van der Waals surface area contributed by atoms with Crippen LogP contribution in [-0.4, -0.2) is 6.61 Å². The van der Waals surface area contributed by atoms with Gasteiger partial charge in [-0.15, -0.1) is 0 Å². The minimum atomic E-state index is -0.308. The number of ether oxygens (including phenoxy) is 1. The largest absolute Gasteiger partial charge is 0.490 e. The summed E-state index contributed by atoms with van der Waals surface area (Å²) in [6.45, 7) is 2.47. The molecule has 1 aliphatic carbocycles. The van der Waals surface area contributed by atoms with E-state index in [0.717, 1.165) is 5.56 Å². The van der Waals surface area contributed by atoms with E-state index in [1.165, 1.54) is 31.7 Å². The van der Waals surface area contributed by atoms with Gasteiger partial charge in [-0.2, -0.15) is 0 Å². The zero-order chi connectivity index (χ0) is 12.3. The van der Waals surface area contributed by atoms with Crippen LogP contribution in [0, 0.1) is 11.7 Å². The van der Waals surface area contributed by atoms with Crippen molar-refractivity contribution in [3.63, 3.8) is 0 Å². The third kappa shape index (κ3) is 3.19. The van der Waals surface area contributed by atoms with Crippen molar-refractivity contribution in [2.75, 3.05) is 6.61 Å². The summed E-state index contributed by atoms with van der Waals surface area (Å²) in [7, 11) is 0. The molecule has 1 saturated carbocycles. The first kappa shape index (κ1) is 12.4. The predicted octanol–water partition coefficient (Wildman–Crippen LogP) is 3.41. The molecule has 0 unspecified atom stereocenters. The van der Waals surface area contributed by atoms with E-state index in [-0.39, 0.29) is 11.9 Å². The minimum Gasteiger partial charge on any atom is -0.490 e. The number of hydrogen-bond acceptors (Lipinski definition) is 2. The van der Waals surface area contributed by atoms with Crippen LogP contribution >= 0.6 is 0 Å². The van der Waals surface area contributed by atoms with Crippen LogP contribution in [-0.2, 0) is 0 Å². The maximum atomic E-state index is 13.7. The lowest BCUT2D eigenvalue weighted by Gasteiger charge is -2.13. The Kier molecular flexibility index (Phi) is 4.00. The van der Waals surface area contributed by atoms with Gasteiger partial charge >= 0.3 is 0 Å². The standard InChI is InChI=1S/C14H20FNO/c1-10(16)12-6-7-14(13(15)8-12)17-9-11-4-2-3-5-11/h6-8,10-11H,2-5,9,16H2,1H3/t10-/m1/s1. The van der Waals surface area contributed by atoms with Gasteiger partial charge in [0, 0.05) is 6.04 Å². The molecule has 1 fully saturated rings. The van der Waals surface area contributed by atoms with Gasteiger partial charge in [-0.1, -0.05) is 18.9 Å². The summed E-state index contributed by atoms with van der Waals surface area (Å²) in [4.78, 5) is 0. The summed E-state index contributed by atoms with van der Waals surface area (Å²) in [6.07, 6.45) is 4.97. The molecule has 2 N–H and O–H groups in total. The average Bonchev–Trinajstić information content (AvgIpc) is 2.80. The number of benzene rings is 1. The van der Waals surface area contributed by atoms with Crippen molar-refractivity contribution >= 4 is 0 Å². The molecule has 0 spiro atoms. The third-order valence-electron chi connectivity index (χ3n) is 3.43. The lowest BCUT2D eigenvalue weighted by atomic mass is 10.1. The molecule has 1 aromatic rings. The fourth-order valence-corrected chi connectivity index (χ4v) is 2.30. The monoisotopic (exact) mass is 237 g/mol. The molecule has 0 radical (unpaired) electrons. The predicted molar refractivity (Wildman–Crippen MR) is 66.5 cm³/mol. The van der Waals surface area contributed by atoms with Gasteiger partial charge < -0.3 is 10.5 Å². The first-order valence-electron chi connectivity index (χ1n) is 6.34. The van der Waals surface area contributed by atoms with Crippen LogP contribution < -0.4 is 10.5 Å². The van der Waals surface area contributed by atoms with Crippen LogP contribution in [0.25, 0.3) is 0 Å². The van der Waals surface area contributed by atoms with Crippen molar-refractivity contribution in [3.8, 4) is 5.75 Å². The van der Waals surface area contributed by atoms with Gasteiger partial charge in [-0.3, -0.25) is 0 Å². The van der Waals surface area contributed by atoms with Crippen molar-refractivity contribution in [1.29, 1.82) is 0 Å². The molecule has 0 amide bonds. The second-order valence-corrected chi connectivity index (χ2v) is 4.94. The van der Waals surface area contributed by atoms with Crippen molar-refractivity contribution in [3.05, 3.63) is 29.6 Å². The number of hydrogen-bond donors (Lipinski definition) is 1. The van der Waals surface area contributed by atoms with Crippen LogP contribution in [0.3, 0.4) is 0 Å². The summed E-state index contributed by atoms with van der Waals surface area (Å²) in [5.74, 6) is 0.640. The zero-order valence-corrected chi connectivity index (χ0v) is 10.3. The van der Waals surface area contributed by atoms with E-state index in [1.807, 2.05) is 13.0 Å². The van der Waals surface area contributed by atoms with E-state index in [0.29, 0.717) is 18.3 Å². The van der Waals surface area contributed by atoms with Gasteiger partial charge in [-0.25, -0.2) is 4.39 Å². The molecule has 0 aliphatic heterocycles. The Bertz CT molecular complexity index is 372. The molecule has 0 saturated heterocycles. The van der Waals surface area contributed by atoms with Gasteiger partial charge in [-0.05, 0) is 43.4 Å². The van der Waals surface area contributed by atoms with Crippen molar-refractivity contribution in [1.82, 2.24) is 0 Å². The first-order valence-corrected chi connectivity index (χ1v) is 6.34. The highest BCUT2D eigenvalue weighted by molar-refractivity contribution is 5.30. The molecule has 1 aliphatic rings. The second kappa shape index (κ2) is 5.50. The fourth-order valence-electron chi connectivity index (χ4n) is 2.30. The van der Waals surface area contributed by atoms with Gasteiger partial charge in [0.2, 0.25) is 0 Å². The van der Waals surface area contributed by atoms with E-state index < -0.39 is 0 Å². The second-order valence-electron chi connectivity index (χ2n) is 4.94. The Morgan fingerprint density at radius 1 is 1.41 bits per heavy atom. The third-order valence-corrected chi connectivity index (χ3v) is 3.43. The molecular formula is C14H20FNO. The Balaban J connectivity index is 1.96. The van der Waals surface area contributed by atoms with E-state index in [1.54, 1.807) is 6.07 Å². The lowest BCUT2D eigenvalue weighted by molar-refractivity contribution is 0.242. The van der Waals surface area contributed by atoms with Crippen LogP contribution in [0.5, 0.6) is 5.75 Å². The molecule has 0 heterocycles. The Morgan fingerprint density at radius 3 is 2.71 bits per heavy atom. The van der Waals surface area contributed by atoms with E-state index in [9.17, 15) is 4.39 Å². The Hall–Kier alpha value is -1.09. The molecule has 2 nitrogen and oxygen atoms in total. The fraction of sp³-hybridized carbons (Fsp3) is 0.571. The molecule has 17 heavy (non-hydrogen) atoms. The van der Waals surface area contributed by atoms with E-state index >= 15 is 0 Å². The van der Waals surface area contributed by atoms with Crippen molar-refractivity contribution < 1.29 is 9.13 Å². The molecule has 1 atom stereocenters. The molecule has 1 aromatic carbocycles. The summed E-state index contributed by atoms with van der Waals surface area (Å²) in [6, 6.07) is 4.84. The van der Waals surface area contributed by atoms with Crippen molar-refractivity contribution in [2.45, 2.75) is 38.6 Å². The van der Waals surface area contributed by atoms with Gasteiger partial charge in [0.15, 0.2) is 11.6 Å². The first-order chi connectivity index (χ1) is 8.16. The summed E-state index contributed by atoms with van der Waals surface area (Å²) >= 11 is 0. The quantitative estimate of drug-likeness (QED) is 0.871. The minimum absolute atomic E-state index is 0.145. The van der Waals surface area contributed by atoms with Crippen LogP contribution in [0.15, 0.2) is 18.2 Å². The zero-order valence-electron chi connectivity index (χ0n) is 10.3. The molecule has 3 heteroatoms. The van der Waals surface area contributed by atoms with E-state index in [4.69, 9.17) is 10.5 Å². The highest BCUT2D eigenvalue weighted by Gasteiger charge is 2.16.